The Kier molecular flexibility index (Phi) is 7.16. The molecule has 0 atom stereocenters. The normalized spacial score (nSPS) is 11.5. The molecular weight excluding hydrogens is 374 g/mol. The van der Waals surface area contributed by atoms with Crippen molar-refractivity contribution in [2.24, 2.45) is 0 Å². The van der Waals surface area contributed by atoms with E-state index in [2.05, 4.69) is 10.6 Å². The summed E-state index contributed by atoms with van der Waals surface area (Å²) in [5.74, 6) is -0.408. The number of para-hydroxylation sites is 1. The van der Waals surface area contributed by atoms with Gasteiger partial charge in [0, 0.05) is 24.3 Å². The summed E-state index contributed by atoms with van der Waals surface area (Å²) >= 11 is 5.79. The number of likely N-dealkylation sites (N-methyl/N-ethyl adjacent to an activating group) is 1. The molecule has 0 saturated heterocycles. The van der Waals surface area contributed by atoms with Crippen LogP contribution in [0.2, 0.25) is 5.02 Å². The molecule has 0 spiro atoms. The highest BCUT2D eigenvalue weighted by Crippen LogP contribution is 2.18. The Bertz CT molecular complexity index is 854. The maximum Gasteiger partial charge on any atom is 0.243 e. The SMILES string of the molecule is CCNCc1ccccc1NC(=O)CN(C)S(=O)(=O)c1ccc(Cl)cc1. The van der Waals surface area contributed by atoms with Gasteiger partial charge in [-0.1, -0.05) is 36.7 Å². The van der Waals surface area contributed by atoms with Crippen LogP contribution >= 0.6 is 11.6 Å². The average Bonchev–Trinajstić information content (AvgIpc) is 2.61. The number of halogens is 1. The Morgan fingerprint density at radius 2 is 1.77 bits per heavy atom. The van der Waals surface area contributed by atoms with Crippen LogP contribution in [0.5, 0.6) is 0 Å². The predicted molar refractivity (Wildman–Crippen MR) is 104 cm³/mol. The van der Waals surface area contributed by atoms with Crippen molar-refractivity contribution in [3.63, 3.8) is 0 Å². The highest BCUT2D eigenvalue weighted by atomic mass is 35.5. The van der Waals surface area contributed by atoms with Gasteiger partial charge in [-0.2, -0.15) is 4.31 Å². The van der Waals surface area contributed by atoms with Crippen LogP contribution < -0.4 is 10.6 Å². The molecule has 0 radical (unpaired) electrons. The number of nitrogens with one attached hydrogen (secondary N) is 2. The topological polar surface area (TPSA) is 78.5 Å². The summed E-state index contributed by atoms with van der Waals surface area (Å²) in [6.45, 7) is 3.13. The van der Waals surface area contributed by atoms with Gasteiger partial charge < -0.3 is 10.6 Å². The highest BCUT2D eigenvalue weighted by molar-refractivity contribution is 7.89. The zero-order chi connectivity index (χ0) is 19.2. The molecule has 140 valence electrons. The van der Waals surface area contributed by atoms with Crippen molar-refractivity contribution < 1.29 is 13.2 Å². The van der Waals surface area contributed by atoms with Gasteiger partial charge in [0.2, 0.25) is 15.9 Å². The molecule has 2 N–H and O–H groups in total. The Balaban J connectivity index is 2.06. The molecule has 0 aliphatic carbocycles. The van der Waals surface area contributed by atoms with Gasteiger partial charge in [0.05, 0.1) is 11.4 Å². The number of carbonyl (C=O) groups excluding carboxylic acids is 1. The zero-order valence-corrected chi connectivity index (χ0v) is 16.3. The van der Waals surface area contributed by atoms with Gasteiger partial charge in [0.1, 0.15) is 0 Å². The fourth-order valence-corrected chi connectivity index (χ4v) is 3.57. The number of rotatable bonds is 8. The van der Waals surface area contributed by atoms with Crippen LogP contribution in [0.4, 0.5) is 5.69 Å². The fourth-order valence-electron chi connectivity index (χ4n) is 2.32. The van der Waals surface area contributed by atoms with E-state index >= 15 is 0 Å². The summed E-state index contributed by atoms with van der Waals surface area (Å²) in [6, 6.07) is 13.2. The molecule has 0 aliphatic rings. The van der Waals surface area contributed by atoms with E-state index in [9.17, 15) is 13.2 Å². The Hall–Kier alpha value is -1.93. The first-order valence-electron chi connectivity index (χ1n) is 8.15. The smallest absolute Gasteiger partial charge is 0.243 e. The van der Waals surface area contributed by atoms with Gasteiger partial charge in [0.15, 0.2) is 0 Å². The first-order chi connectivity index (χ1) is 12.3. The lowest BCUT2D eigenvalue weighted by Gasteiger charge is -2.18. The summed E-state index contributed by atoms with van der Waals surface area (Å²) < 4.78 is 26.1. The van der Waals surface area contributed by atoms with Crippen molar-refractivity contribution >= 4 is 33.2 Å². The van der Waals surface area contributed by atoms with Crippen molar-refractivity contribution in [2.75, 3.05) is 25.5 Å². The standard InChI is InChI=1S/C18H22ClN3O3S/c1-3-20-12-14-6-4-5-7-17(14)21-18(23)13-22(2)26(24,25)16-10-8-15(19)9-11-16/h4-11,20H,3,12-13H2,1-2H3,(H,21,23). The number of sulfonamides is 1. The molecule has 0 unspecified atom stereocenters. The number of benzene rings is 2. The quantitative estimate of drug-likeness (QED) is 0.720. The third kappa shape index (κ3) is 5.28. The molecule has 6 nitrogen and oxygen atoms in total. The van der Waals surface area contributed by atoms with Crippen molar-refractivity contribution in [3.05, 3.63) is 59.1 Å². The molecule has 0 fully saturated rings. The lowest BCUT2D eigenvalue weighted by atomic mass is 10.1. The lowest BCUT2D eigenvalue weighted by Crippen LogP contribution is -2.35. The molecule has 1 amide bonds. The fraction of sp³-hybridized carbons (Fsp3) is 0.278. The Morgan fingerprint density at radius 1 is 1.12 bits per heavy atom. The van der Waals surface area contributed by atoms with E-state index in [1.165, 1.54) is 31.3 Å². The average molecular weight is 396 g/mol. The number of nitrogens with zero attached hydrogens (tertiary/aromatic N) is 1. The van der Waals surface area contributed by atoms with E-state index in [1.807, 2.05) is 25.1 Å². The van der Waals surface area contributed by atoms with E-state index < -0.39 is 15.9 Å². The van der Waals surface area contributed by atoms with Crippen molar-refractivity contribution in [1.29, 1.82) is 0 Å². The summed E-state index contributed by atoms with van der Waals surface area (Å²) in [5.41, 5.74) is 1.60. The van der Waals surface area contributed by atoms with Crippen molar-refractivity contribution in [1.82, 2.24) is 9.62 Å². The number of carbonyl (C=O) groups is 1. The van der Waals surface area contributed by atoms with E-state index in [-0.39, 0.29) is 11.4 Å². The first kappa shape index (κ1) is 20.4. The second kappa shape index (κ2) is 9.14. The molecule has 26 heavy (non-hydrogen) atoms. The van der Waals surface area contributed by atoms with Crippen LogP contribution in [0.15, 0.2) is 53.4 Å². The van der Waals surface area contributed by atoms with Gasteiger partial charge in [-0.3, -0.25) is 4.79 Å². The van der Waals surface area contributed by atoms with E-state index in [0.29, 0.717) is 17.3 Å². The minimum absolute atomic E-state index is 0.0877. The molecule has 8 heteroatoms. The molecule has 0 bridgehead atoms. The minimum atomic E-state index is -3.77. The van der Waals surface area contributed by atoms with Gasteiger partial charge in [-0.05, 0) is 42.4 Å². The molecule has 0 aromatic heterocycles. The number of hydrogen-bond donors (Lipinski definition) is 2. The number of amides is 1. The second-order valence-electron chi connectivity index (χ2n) is 5.70. The molecule has 2 rings (SSSR count). The maximum atomic E-state index is 12.5. The molecule has 0 aliphatic heterocycles. The van der Waals surface area contributed by atoms with Gasteiger partial charge in [-0.25, -0.2) is 8.42 Å². The van der Waals surface area contributed by atoms with E-state index in [0.717, 1.165) is 16.4 Å². The Labute approximate surface area is 159 Å². The summed E-state index contributed by atoms with van der Waals surface area (Å²) in [5, 5.41) is 6.42. The van der Waals surface area contributed by atoms with Crippen LogP contribution in [0, 0.1) is 0 Å². The maximum absolute atomic E-state index is 12.5. The first-order valence-corrected chi connectivity index (χ1v) is 9.96. The van der Waals surface area contributed by atoms with Crippen molar-refractivity contribution in [3.8, 4) is 0 Å². The molecule has 2 aromatic rings. The van der Waals surface area contributed by atoms with Crippen molar-refractivity contribution in [2.45, 2.75) is 18.4 Å². The monoisotopic (exact) mass is 395 g/mol. The largest absolute Gasteiger partial charge is 0.325 e. The van der Waals surface area contributed by atoms with Gasteiger partial charge >= 0.3 is 0 Å². The van der Waals surface area contributed by atoms with Gasteiger partial charge in [-0.15, -0.1) is 0 Å². The molecule has 2 aromatic carbocycles. The van der Waals surface area contributed by atoms with Crippen LogP contribution in [-0.2, 0) is 21.4 Å². The number of hydrogen-bond acceptors (Lipinski definition) is 4. The van der Waals surface area contributed by atoms with Crippen LogP contribution in [-0.4, -0.2) is 38.8 Å². The third-order valence-electron chi connectivity index (χ3n) is 3.74. The molecule has 0 saturated carbocycles. The predicted octanol–water partition coefficient (Wildman–Crippen LogP) is 2.71. The summed E-state index contributed by atoms with van der Waals surface area (Å²) in [7, 11) is -2.40. The van der Waals surface area contributed by atoms with E-state index in [1.54, 1.807) is 6.07 Å². The second-order valence-corrected chi connectivity index (χ2v) is 8.18. The van der Waals surface area contributed by atoms with Crippen LogP contribution in [0.1, 0.15) is 12.5 Å². The summed E-state index contributed by atoms with van der Waals surface area (Å²) in [4.78, 5) is 12.4. The third-order valence-corrected chi connectivity index (χ3v) is 5.81. The van der Waals surface area contributed by atoms with E-state index in [4.69, 9.17) is 11.6 Å². The molecular formula is C18H22ClN3O3S. The van der Waals surface area contributed by atoms with Gasteiger partial charge in [0.25, 0.3) is 0 Å². The Morgan fingerprint density at radius 3 is 2.42 bits per heavy atom. The van der Waals surface area contributed by atoms with Crippen LogP contribution in [0.25, 0.3) is 0 Å². The highest BCUT2D eigenvalue weighted by Gasteiger charge is 2.23. The zero-order valence-electron chi connectivity index (χ0n) is 14.7. The van der Waals surface area contributed by atoms with Crippen LogP contribution in [0.3, 0.4) is 0 Å². The number of anilines is 1. The summed E-state index contributed by atoms with van der Waals surface area (Å²) in [6.07, 6.45) is 0. The minimum Gasteiger partial charge on any atom is -0.325 e. The molecule has 0 heterocycles. The lowest BCUT2D eigenvalue weighted by molar-refractivity contribution is -0.116.